The van der Waals surface area contributed by atoms with Crippen LogP contribution in [0.2, 0.25) is 0 Å². The maximum Gasteiger partial charge on any atom is 0.236 e. The molecule has 1 aliphatic heterocycles. The molecule has 1 saturated heterocycles. The monoisotopic (exact) mass is 226 g/mol. The zero-order valence-electron chi connectivity index (χ0n) is 9.82. The van der Waals surface area contributed by atoms with Crippen molar-refractivity contribution in [2.24, 2.45) is 0 Å². The molecule has 0 spiro atoms. The number of hydrogen-bond donors (Lipinski definition) is 2. The summed E-state index contributed by atoms with van der Waals surface area (Å²) in [5.41, 5.74) is 0. The first-order chi connectivity index (χ1) is 7.77. The van der Waals surface area contributed by atoms with Crippen molar-refractivity contribution in [3.63, 3.8) is 0 Å². The Kier molecular flexibility index (Phi) is 4.18. The first kappa shape index (κ1) is 11.9. The second-order valence-corrected chi connectivity index (χ2v) is 4.93. The van der Waals surface area contributed by atoms with Crippen molar-refractivity contribution in [1.29, 1.82) is 0 Å². The van der Waals surface area contributed by atoms with Crippen LogP contribution in [-0.2, 0) is 4.79 Å². The van der Waals surface area contributed by atoms with E-state index in [4.69, 9.17) is 0 Å². The van der Waals surface area contributed by atoms with Crippen molar-refractivity contribution in [2.45, 2.75) is 50.7 Å². The predicted octanol–water partition coefficient (Wildman–Crippen LogP) is 0.502. The first-order valence-corrected chi connectivity index (χ1v) is 6.46. The summed E-state index contributed by atoms with van der Waals surface area (Å²) in [7, 11) is 0. The van der Waals surface area contributed by atoms with Crippen LogP contribution in [0.1, 0.15) is 38.5 Å². The van der Waals surface area contributed by atoms with E-state index in [9.17, 15) is 9.90 Å². The molecule has 0 aromatic heterocycles. The fraction of sp³-hybridized carbons (Fsp3) is 0.917. The smallest absolute Gasteiger partial charge is 0.236 e. The van der Waals surface area contributed by atoms with Gasteiger partial charge in [0.25, 0.3) is 0 Å². The van der Waals surface area contributed by atoms with Crippen LogP contribution < -0.4 is 5.32 Å². The molecule has 2 atom stereocenters. The van der Waals surface area contributed by atoms with Crippen molar-refractivity contribution in [2.75, 3.05) is 19.6 Å². The molecule has 0 radical (unpaired) electrons. The summed E-state index contributed by atoms with van der Waals surface area (Å²) in [5.74, 6) is 0.193. The number of aliphatic hydroxyl groups is 1. The van der Waals surface area contributed by atoms with E-state index in [1.54, 1.807) is 0 Å². The molecule has 1 aliphatic carbocycles. The van der Waals surface area contributed by atoms with E-state index in [0.717, 1.165) is 45.2 Å². The van der Waals surface area contributed by atoms with Crippen molar-refractivity contribution >= 4 is 5.91 Å². The summed E-state index contributed by atoms with van der Waals surface area (Å²) in [4.78, 5) is 13.8. The van der Waals surface area contributed by atoms with Crippen LogP contribution in [0, 0.1) is 0 Å². The molecular weight excluding hydrogens is 204 g/mol. The lowest BCUT2D eigenvalue weighted by Gasteiger charge is -2.27. The molecule has 2 rings (SSSR count). The highest BCUT2D eigenvalue weighted by Crippen LogP contribution is 2.18. The minimum atomic E-state index is -0.255. The minimum Gasteiger partial charge on any atom is -0.392 e. The van der Waals surface area contributed by atoms with Gasteiger partial charge in [-0.2, -0.15) is 0 Å². The summed E-state index contributed by atoms with van der Waals surface area (Å²) >= 11 is 0. The van der Waals surface area contributed by atoms with E-state index in [1.165, 1.54) is 6.42 Å². The average Bonchev–Trinajstić information content (AvgIpc) is 2.73. The molecule has 2 aliphatic rings. The molecule has 2 fully saturated rings. The summed E-state index contributed by atoms with van der Waals surface area (Å²) in [5, 5.41) is 12.8. The zero-order chi connectivity index (χ0) is 11.4. The van der Waals surface area contributed by atoms with Crippen LogP contribution in [-0.4, -0.2) is 47.7 Å². The number of carbonyl (C=O) groups is 1. The molecule has 0 unspecified atom stereocenters. The molecule has 16 heavy (non-hydrogen) atoms. The summed E-state index contributed by atoms with van der Waals surface area (Å²) in [6.45, 7) is 2.21. The van der Waals surface area contributed by atoms with Crippen LogP contribution in [0.15, 0.2) is 0 Å². The Balaban J connectivity index is 1.70. The third kappa shape index (κ3) is 2.95. The number of nitrogens with one attached hydrogen (secondary N) is 1. The molecule has 1 heterocycles. The van der Waals surface area contributed by atoms with E-state index in [1.807, 2.05) is 4.90 Å². The van der Waals surface area contributed by atoms with Crippen molar-refractivity contribution < 1.29 is 9.90 Å². The van der Waals surface area contributed by atoms with Crippen LogP contribution in [0.4, 0.5) is 0 Å². The second kappa shape index (κ2) is 5.64. The molecule has 0 aromatic rings. The Morgan fingerprint density at radius 1 is 1.19 bits per heavy atom. The molecule has 1 amide bonds. The van der Waals surface area contributed by atoms with Crippen molar-refractivity contribution in [3.05, 3.63) is 0 Å². The Hall–Kier alpha value is -0.610. The predicted molar refractivity (Wildman–Crippen MR) is 62.1 cm³/mol. The van der Waals surface area contributed by atoms with Crippen LogP contribution >= 0.6 is 0 Å². The largest absolute Gasteiger partial charge is 0.392 e. The van der Waals surface area contributed by atoms with Crippen LogP contribution in [0.3, 0.4) is 0 Å². The fourth-order valence-electron chi connectivity index (χ4n) is 2.65. The summed E-state index contributed by atoms with van der Waals surface area (Å²) in [6, 6.07) is 0.133. The molecule has 0 aromatic carbocycles. The molecule has 4 nitrogen and oxygen atoms in total. The first-order valence-electron chi connectivity index (χ1n) is 6.46. The second-order valence-electron chi connectivity index (χ2n) is 4.93. The van der Waals surface area contributed by atoms with Gasteiger partial charge in [-0.05, 0) is 38.5 Å². The number of hydrogen-bond acceptors (Lipinski definition) is 3. The Morgan fingerprint density at radius 3 is 2.56 bits per heavy atom. The SMILES string of the molecule is O=C(CN[C@@H]1CCC[C@H]1O)N1CCCCC1. The number of carbonyl (C=O) groups excluding carboxylic acids is 1. The van der Waals surface area contributed by atoms with Crippen LogP contribution in [0.25, 0.3) is 0 Å². The lowest BCUT2D eigenvalue weighted by atomic mass is 10.1. The van der Waals surface area contributed by atoms with Gasteiger partial charge in [0.05, 0.1) is 12.6 Å². The van der Waals surface area contributed by atoms with Gasteiger partial charge in [0.2, 0.25) is 5.91 Å². The molecule has 92 valence electrons. The molecular formula is C12H22N2O2. The van der Waals surface area contributed by atoms with Gasteiger partial charge >= 0.3 is 0 Å². The van der Waals surface area contributed by atoms with Crippen LogP contribution in [0.5, 0.6) is 0 Å². The lowest BCUT2D eigenvalue weighted by molar-refractivity contribution is -0.131. The number of likely N-dealkylation sites (tertiary alicyclic amines) is 1. The molecule has 0 bridgehead atoms. The maximum atomic E-state index is 11.8. The van der Waals surface area contributed by atoms with Crippen molar-refractivity contribution in [3.8, 4) is 0 Å². The average molecular weight is 226 g/mol. The Bertz CT molecular complexity index is 239. The molecule has 1 saturated carbocycles. The highest BCUT2D eigenvalue weighted by Gasteiger charge is 2.26. The summed E-state index contributed by atoms with van der Waals surface area (Å²) < 4.78 is 0. The third-order valence-electron chi connectivity index (χ3n) is 3.70. The van der Waals surface area contributed by atoms with Gasteiger partial charge < -0.3 is 15.3 Å². The molecule has 4 heteroatoms. The number of piperidine rings is 1. The van der Waals surface area contributed by atoms with Gasteiger partial charge in [0.1, 0.15) is 0 Å². The van der Waals surface area contributed by atoms with Gasteiger partial charge in [-0.3, -0.25) is 4.79 Å². The zero-order valence-corrected chi connectivity index (χ0v) is 9.82. The number of rotatable bonds is 3. The third-order valence-corrected chi connectivity index (χ3v) is 3.70. The fourth-order valence-corrected chi connectivity index (χ4v) is 2.65. The summed E-state index contributed by atoms with van der Waals surface area (Å²) in [6.07, 6.45) is 6.20. The van der Waals surface area contributed by atoms with Gasteiger partial charge in [-0.1, -0.05) is 0 Å². The topological polar surface area (TPSA) is 52.6 Å². The van der Waals surface area contributed by atoms with Crippen molar-refractivity contribution in [1.82, 2.24) is 10.2 Å². The maximum absolute atomic E-state index is 11.8. The van der Waals surface area contributed by atoms with Gasteiger partial charge in [-0.15, -0.1) is 0 Å². The van der Waals surface area contributed by atoms with Gasteiger partial charge in [0.15, 0.2) is 0 Å². The normalized spacial score (nSPS) is 30.7. The van der Waals surface area contributed by atoms with E-state index in [2.05, 4.69) is 5.32 Å². The van der Waals surface area contributed by atoms with E-state index in [-0.39, 0.29) is 18.1 Å². The van der Waals surface area contributed by atoms with Gasteiger partial charge in [-0.25, -0.2) is 0 Å². The quantitative estimate of drug-likeness (QED) is 0.737. The number of nitrogens with zero attached hydrogens (tertiary/aromatic N) is 1. The Labute approximate surface area is 97.0 Å². The number of amides is 1. The minimum absolute atomic E-state index is 0.133. The van der Waals surface area contributed by atoms with E-state index >= 15 is 0 Å². The highest BCUT2D eigenvalue weighted by molar-refractivity contribution is 5.78. The van der Waals surface area contributed by atoms with E-state index in [0.29, 0.717) is 6.54 Å². The van der Waals surface area contributed by atoms with E-state index < -0.39 is 0 Å². The highest BCUT2D eigenvalue weighted by atomic mass is 16.3. The number of aliphatic hydroxyl groups excluding tert-OH is 1. The standard InChI is InChI=1S/C12H22N2O2/c15-11-6-4-5-10(11)13-9-12(16)14-7-2-1-3-8-14/h10-11,13,15H,1-9H2/t10-,11-/m1/s1. The molecule has 2 N–H and O–H groups in total. The Morgan fingerprint density at radius 2 is 1.94 bits per heavy atom. The lowest BCUT2D eigenvalue weighted by Crippen LogP contribution is -2.45. The van der Waals surface area contributed by atoms with Gasteiger partial charge in [0, 0.05) is 19.1 Å².